The van der Waals surface area contributed by atoms with E-state index in [0.29, 0.717) is 11.1 Å². The Balaban J connectivity index is 2.39. The number of rotatable bonds is 3. The summed E-state index contributed by atoms with van der Waals surface area (Å²) >= 11 is 5.83. The number of hydrogen-bond donors (Lipinski definition) is 0. The topological polar surface area (TPSA) is 34.1 Å². The van der Waals surface area contributed by atoms with Gasteiger partial charge in [-0.3, -0.25) is 9.59 Å². The number of carbonyl (C=O) groups is 2. The Morgan fingerprint density at radius 2 is 1.33 bits per heavy atom. The largest absolute Gasteiger partial charge is 0.281 e. The molecule has 2 nitrogen and oxygen atoms in total. The van der Waals surface area contributed by atoms with Crippen LogP contribution in [-0.2, 0) is 0 Å². The maximum atomic E-state index is 11.2. The van der Waals surface area contributed by atoms with Gasteiger partial charge in [0, 0.05) is 11.1 Å². The Labute approximate surface area is 121 Å². The molecule has 0 spiro atoms. The molecule has 0 aliphatic heterocycles. The van der Waals surface area contributed by atoms with Crippen molar-refractivity contribution in [1.29, 1.82) is 0 Å². The second kappa shape index (κ2) is 5.59. The minimum Gasteiger partial charge on any atom is -0.281 e. The van der Waals surface area contributed by atoms with Crippen LogP contribution in [0.25, 0.3) is 11.1 Å². The van der Waals surface area contributed by atoms with Crippen LogP contribution in [-0.4, -0.2) is 9.39 Å². The molecule has 0 atom stereocenters. The zero-order valence-electron chi connectivity index (χ0n) is 9.19. The minimum absolute atomic E-state index is 0.140. The molecule has 0 radical (unpaired) electrons. The number of halogens is 2. The van der Waals surface area contributed by atoms with E-state index in [1.54, 1.807) is 18.2 Å². The summed E-state index contributed by atoms with van der Waals surface area (Å²) in [5.74, 6) is 0. The molecule has 0 N–H and O–H groups in total. The van der Waals surface area contributed by atoms with E-state index in [2.05, 4.69) is 31.9 Å². The number of carbonyl (C=O) groups excluding carboxylic acids is 2. The molecule has 0 fully saturated rings. The molecule has 4 heteroatoms. The molecular formula is C14H8Br2O2. The van der Waals surface area contributed by atoms with Crippen LogP contribution in [0.4, 0.5) is 0 Å². The standard InChI is InChI=1S/C14H8Br2O2/c15-13(17)10-6-4-9(5-7-10)11-2-1-3-12(8-11)14(16)18/h1-8H. The van der Waals surface area contributed by atoms with Gasteiger partial charge in [0.2, 0.25) is 9.39 Å². The van der Waals surface area contributed by atoms with Gasteiger partial charge in [-0.05, 0) is 61.2 Å². The van der Waals surface area contributed by atoms with E-state index in [9.17, 15) is 9.59 Å². The number of hydrogen-bond acceptors (Lipinski definition) is 2. The van der Waals surface area contributed by atoms with Crippen LogP contribution in [0.15, 0.2) is 48.5 Å². The molecule has 0 aliphatic carbocycles. The van der Waals surface area contributed by atoms with Gasteiger partial charge in [-0.1, -0.05) is 30.3 Å². The highest BCUT2D eigenvalue weighted by atomic mass is 79.9. The SMILES string of the molecule is O=C(Br)c1ccc(-c2cccc(C(=O)Br)c2)cc1. The molecule has 2 aromatic rings. The van der Waals surface area contributed by atoms with Gasteiger partial charge in [0.1, 0.15) is 0 Å². The highest BCUT2D eigenvalue weighted by Crippen LogP contribution is 2.22. The van der Waals surface area contributed by atoms with E-state index in [4.69, 9.17) is 0 Å². The first kappa shape index (κ1) is 13.2. The molecule has 0 heterocycles. The van der Waals surface area contributed by atoms with Gasteiger partial charge in [-0.15, -0.1) is 0 Å². The zero-order valence-corrected chi connectivity index (χ0v) is 12.4. The fourth-order valence-electron chi connectivity index (χ4n) is 1.61. The molecule has 0 bridgehead atoms. The summed E-state index contributed by atoms with van der Waals surface area (Å²) in [4.78, 5) is 22.3. The van der Waals surface area contributed by atoms with Gasteiger partial charge in [-0.25, -0.2) is 0 Å². The molecule has 2 aromatic carbocycles. The fraction of sp³-hybridized carbons (Fsp3) is 0. The van der Waals surface area contributed by atoms with Gasteiger partial charge in [0.05, 0.1) is 0 Å². The Hall–Kier alpha value is -1.26. The Bertz CT molecular complexity index is 603. The third-order valence-electron chi connectivity index (χ3n) is 2.53. The molecule has 2 rings (SSSR count). The molecule has 18 heavy (non-hydrogen) atoms. The lowest BCUT2D eigenvalue weighted by molar-refractivity contribution is 0.108. The summed E-state index contributed by atoms with van der Waals surface area (Å²) in [6, 6.07) is 14.5. The predicted molar refractivity (Wildman–Crippen MR) is 78.4 cm³/mol. The quantitative estimate of drug-likeness (QED) is 0.752. The lowest BCUT2D eigenvalue weighted by Crippen LogP contribution is -1.90. The molecule has 0 amide bonds. The normalized spacial score (nSPS) is 10.1. The van der Waals surface area contributed by atoms with Crippen molar-refractivity contribution in [3.05, 3.63) is 59.7 Å². The molecule has 90 valence electrons. The summed E-state index contributed by atoms with van der Waals surface area (Å²) in [7, 11) is 0. The van der Waals surface area contributed by atoms with Gasteiger partial charge in [-0.2, -0.15) is 0 Å². The van der Waals surface area contributed by atoms with Crippen LogP contribution in [0.5, 0.6) is 0 Å². The lowest BCUT2D eigenvalue weighted by Gasteiger charge is -2.03. The van der Waals surface area contributed by atoms with Crippen molar-refractivity contribution in [3.8, 4) is 11.1 Å². The molecule has 0 saturated carbocycles. The maximum absolute atomic E-state index is 11.2. The Kier molecular flexibility index (Phi) is 4.09. The van der Waals surface area contributed by atoms with Gasteiger partial charge in [0.25, 0.3) is 0 Å². The van der Waals surface area contributed by atoms with Crippen molar-refractivity contribution in [3.63, 3.8) is 0 Å². The third-order valence-corrected chi connectivity index (χ3v) is 3.45. The molecule has 0 aliphatic rings. The first-order valence-corrected chi connectivity index (χ1v) is 6.76. The lowest BCUT2D eigenvalue weighted by atomic mass is 10.0. The maximum Gasteiger partial charge on any atom is 0.228 e. The monoisotopic (exact) mass is 366 g/mol. The summed E-state index contributed by atoms with van der Waals surface area (Å²) in [6.45, 7) is 0. The van der Waals surface area contributed by atoms with Crippen molar-refractivity contribution in [2.75, 3.05) is 0 Å². The van der Waals surface area contributed by atoms with E-state index in [0.717, 1.165) is 11.1 Å². The van der Waals surface area contributed by atoms with Crippen molar-refractivity contribution in [2.24, 2.45) is 0 Å². The van der Waals surface area contributed by atoms with Crippen LogP contribution in [0.1, 0.15) is 20.7 Å². The summed E-state index contributed by atoms with van der Waals surface area (Å²) in [6.07, 6.45) is 0. The summed E-state index contributed by atoms with van der Waals surface area (Å²) in [5, 5.41) is 0. The summed E-state index contributed by atoms with van der Waals surface area (Å²) in [5.41, 5.74) is 3.11. The number of benzene rings is 2. The van der Waals surface area contributed by atoms with Crippen LogP contribution in [0.3, 0.4) is 0 Å². The van der Waals surface area contributed by atoms with Crippen LogP contribution in [0.2, 0.25) is 0 Å². The van der Waals surface area contributed by atoms with E-state index < -0.39 is 0 Å². The van der Waals surface area contributed by atoms with Gasteiger partial charge in [0.15, 0.2) is 0 Å². The highest BCUT2D eigenvalue weighted by Gasteiger charge is 2.05. The van der Waals surface area contributed by atoms with Crippen LogP contribution >= 0.6 is 31.9 Å². The van der Waals surface area contributed by atoms with Gasteiger partial charge >= 0.3 is 0 Å². The third kappa shape index (κ3) is 2.94. The van der Waals surface area contributed by atoms with E-state index in [-0.39, 0.29) is 9.39 Å². The minimum atomic E-state index is -0.142. The van der Waals surface area contributed by atoms with Gasteiger partial charge < -0.3 is 0 Å². The van der Waals surface area contributed by atoms with E-state index in [1.807, 2.05) is 30.3 Å². The van der Waals surface area contributed by atoms with Crippen molar-refractivity contribution in [2.45, 2.75) is 0 Å². The van der Waals surface area contributed by atoms with Crippen molar-refractivity contribution < 1.29 is 9.59 Å². The van der Waals surface area contributed by atoms with E-state index in [1.165, 1.54) is 0 Å². The second-order valence-corrected chi connectivity index (χ2v) is 5.15. The van der Waals surface area contributed by atoms with Crippen molar-refractivity contribution >= 4 is 41.2 Å². The Morgan fingerprint density at radius 3 is 1.89 bits per heavy atom. The van der Waals surface area contributed by atoms with Crippen LogP contribution in [0, 0.1) is 0 Å². The molecule has 0 saturated heterocycles. The average molecular weight is 368 g/mol. The first-order chi connectivity index (χ1) is 8.58. The predicted octanol–water partition coefficient (Wildman–Crippen LogP) is 4.42. The van der Waals surface area contributed by atoms with Crippen LogP contribution < -0.4 is 0 Å². The summed E-state index contributed by atoms with van der Waals surface area (Å²) < 4.78 is -0.282. The average Bonchev–Trinajstić information content (AvgIpc) is 2.39. The molecule has 0 unspecified atom stereocenters. The highest BCUT2D eigenvalue weighted by molar-refractivity contribution is 9.18. The fourth-order valence-corrected chi connectivity index (χ4v) is 2.13. The molecule has 0 aromatic heterocycles. The van der Waals surface area contributed by atoms with Crippen molar-refractivity contribution in [1.82, 2.24) is 0 Å². The smallest absolute Gasteiger partial charge is 0.228 e. The zero-order chi connectivity index (χ0) is 13.1. The Morgan fingerprint density at radius 1 is 0.722 bits per heavy atom. The van der Waals surface area contributed by atoms with E-state index >= 15 is 0 Å². The first-order valence-electron chi connectivity index (χ1n) is 5.18. The second-order valence-electron chi connectivity index (χ2n) is 3.71. The molecular weight excluding hydrogens is 360 g/mol.